The standard InChI is InChI=1S/C19H23N3OS.2C2HF3O2/c1-15-4-2-6-17(21-15)11-23-18-8-19(24-12-18)13-22(14-19)10-16-5-3-7-20-9-16;2*3-2(4,5)1(6)7/h2-7,9,18H,8,10-14H2,1H3;2*(H,6,7). The van der Waals surface area contributed by atoms with Gasteiger partial charge in [-0.2, -0.15) is 26.3 Å². The highest BCUT2D eigenvalue weighted by Gasteiger charge is 2.49. The Bertz CT molecular complexity index is 1040. The molecule has 1 spiro atoms. The SMILES string of the molecule is Cc1cccc(COC2CSC3(C2)CN(Cc2cccnc2)C3)n1.O=C(O)C(F)(F)F.O=C(O)C(F)(F)F. The number of rotatable bonds is 5. The summed E-state index contributed by atoms with van der Waals surface area (Å²) >= 11 is 2.09. The van der Waals surface area contributed by atoms with E-state index in [-0.39, 0.29) is 0 Å². The molecule has 38 heavy (non-hydrogen) atoms. The molecule has 1 unspecified atom stereocenters. The van der Waals surface area contributed by atoms with Crippen LogP contribution in [0.3, 0.4) is 0 Å². The summed E-state index contributed by atoms with van der Waals surface area (Å²) < 4.78 is 70.0. The van der Waals surface area contributed by atoms with Gasteiger partial charge in [0.05, 0.1) is 18.4 Å². The van der Waals surface area contributed by atoms with Crippen molar-refractivity contribution in [3.05, 3.63) is 59.7 Å². The number of aromatic nitrogens is 2. The molecule has 0 radical (unpaired) electrons. The van der Waals surface area contributed by atoms with Gasteiger partial charge < -0.3 is 14.9 Å². The number of aryl methyl sites for hydroxylation is 1. The second-order valence-corrected chi connectivity index (χ2v) is 10.0. The first-order valence-corrected chi connectivity index (χ1v) is 12.0. The van der Waals surface area contributed by atoms with E-state index in [1.54, 1.807) is 0 Å². The van der Waals surface area contributed by atoms with E-state index in [2.05, 4.69) is 32.7 Å². The lowest BCUT2D eigenvalue weighted by molar-refractivity contribution is -0.193. The lowest BCUT2D eigenvalue weighted by atomic mass is 9.92. The lowest BCUT2D eigenvalue weighted by Crippen LogP contribution is -2.58. The molecular weight excluding hydrogens is 544 g/mol. The van der Waals surface area contributed by atoms with Gasteiger partial charge in [0.1, 0.15) is 0 Å². The fourth-order valence-corrected chi connectivity index (χ4v) is 5.25. The number of thioether (sulfide) groups is 1. The fraction of sp³-hybridized carbons (Fsp3) is 0.478. The van der Waals surface area contributed by atoms with E-state index < -0.39 is 24.3 Å². The Morgan fingerprint density at radius 3 is 2.18 bits per heavy atom. The Morgan fingerprint density at radius 2 is 1.68 bits per heavy atom. The van der Waals surface area contributed by atoms with Crippen LogP contribution in [0.1, 0.15) is 23.4 Å². The smallest absolute Gasteiger partial charge is 0.475 e. The number of hydrogen-bond donors (Lipinski definition) is 2. The van der Waals surface area contributed by atoms with Crippen LogP contribution in [0.25, 0.3) is 0 Å². The van der Waals surface area contributed by atoms with E-state index >= 15 is 0 Å². The zero-order chi connectivity index (χ0) is 28.6. The molecule has 2 aliphatic heterocycles. The quantitative estimate of drug-likeness (QED) is 0.508. The second kappa shape index (κ2) is 13.2. The maximum absolute atomic E-state index is 10.6. The molecule has 210 valence electrons. The number of alkyl halides is 6. The van der Waals surface area contributed by atoms with Crippen molar-refractivity contribution < 1.29 is 50.9 Å². The van der Waals surface area contributed by atoms with Crippen LogP contribution in [0.15, 0.2) is 42.7 Å². The molecule has 4 rings (SSSR count). The second-order valence-electron chi connectivity index (χ2n) is 8.51. The summed E-state index contributed by atoms with van der Waals surface area (Å²) in [5.41, 5.74) is 3.39. The van der Waals surface area contributed by atoms with E-state index in [1.165, 1.54) is 5.56 Å². The summed E-state index contributed by atoms with van der Waals surface area (Å²) in [6.45, 7) is 5.98. The molecule has 2 aromatic heterocycles. The van der Waals surface area contributed by atoms with Crippen molar-refractivity contribution in [1.29, 1.82) is 0 Å². The summed E-state index contributed by atoms with van der Waals surface area (Å²) in [6, 6.07) is 10.3. The number of carboxylic acids is 2. The van der Waals surface area contributed by atoms with E-state index in [0.29, 0.717) is 17.5 Å². The van der Waals surface area contributed by atoms with Crippen LogP contribution in [0, 0.1) is 6.92 Å². The van der Waals surface area contributed by atoms with Crippen LogP contribution in [-0.4, -0.2) is 79.1 Å². The van der Waals surface area contributed by atoms with E-state index in [4.69, 9.17) is 24.5 Å². The molecule has 2 fully saturated rings. The van der Waals surface area contributed by atoms with E-state index in [0.717, 1.165) is 43.2 Å². The predicted octanol–water partition coefficient (Wildman–Crippen LogP) is 4.33. The van der Waals surface area contributed by atoms with Crippen LogP contribution >= 0.6 is 11.8 Å². The number of halogens is 6. The number of carboxylic acid groups (broad SMARTS) is 2. The van der Waals surface area contributed by atoms with Crippen LogP contribution in [0.4, 0.5) is 26.3 Å². The molecule has 0 aromatic carbocycles. The normalized spacial score (nSPS) is 18.4. The van der Waals surface area contributed by atoms with Crippen molar-refractivity contribution in [1.82, 2.24) is 14.9 Å². The van der Waals surface area contributed by atoms with Crippen LogP contribution in [0.2, 0.25) is 0 Å². The first-order chi connectivity index (χ1) is 17.6. The summed E-state index contributed by atoms with van der Waals surface area (Å²) in [6.07, 6.45) is -4.85. The van der Waals surface area contributed by atoms with Crippen molar-refractivity contribution in [3.63, 3.8) is 0 Å². The van der Waals surface area contributed by atoms with Crippen molar-refractivity contribution in [2.24, 2.45) is 0 Å². The highest BCUT2D eigenvalue weighted by molar-refractivity contribution is 8.01. The number of nitrogens with zero attached hydrogens (tertiary/aromatic N) is 3. The third-order valence-electron chi connectivity index (χ3n) is 5.23. The van der Waals surface area contributed by atoms with Gasteiger partial charge in [0, 0.05) is 48.2 Å². The van der Waals surface area contributed by atoms with Crippen molar-refractivity contribution >= 4 is 23.7 Å². The summed E-state index contributed by atoms with van der Waals surface area (Å²) in [5.74, 6) is -4.41. The number of likely N-dealkylation sites (tertiary alicyclic amines) is 1. The van der Waals surface area contributed by atoms with Crippen molar-refractivity contribution in [3.8, 4) is 0 Å². The molecule has 1 atom stereocenters. The third-order valence-corrected chi connectivity index (χ3v) is 6.80. The van der Waals surface area contributed by atoms with Gasteiger partial charge in [-0.1, -0.05) is 12.1 Å². The lowest BCUT2D eigenvalue weighted by Gasteiger charge is -2.47. The van der Waals surface area contributed by atoms with Crippen LogP contribution in [-0.2, 0) is 27.5 Å². The molecule has 0 amide bonds. The molecule has 0 aliphatic carbocycles. The van der Waals surface area contributed by atoms with Gasteiger partial charge in [-0.05, 0) is 37.1 Å². The molecule has 8 nitrogen and oxygen atoms in total. The van der Waals surface area contributed by atoms with E-state index in [1.807, 2.05) is 43.6 Å². The van der Waals surface area contributed by atoms with E-state index in [9.17, 15) is 26.3 Å². The Labute approximate surface area is 218 Å². The average Bonchev–Trinajstić information content (AvgIpc) is 3.22. The molecular formula is C23H25F6N3O5S. The number of ether oxygens (including phenoxy) is 1. The Hall–Kier alpha value is -2.91. The largest absolute Gasteiger partial charge is 0.490 e. The average molecular weight is 570 g/mol. The van der Waals surface area contributed by atoms with Gasteiger partial charge in [-0.25, -0.2) is 9.59 Å². The topological polar surface area (TPSA) is 113 Å². The number of carbonyl (C=O) groups is 2. The molecule has 4 heterocycles. The maximum atomic E-state index is 10.6. The minimum atomic E-state index is -5.08. The zero-order valence-corrected chi connectivity index (χ0v) is 20.8. The number of pyridine rings is 2. The van der Waals surface area contributed by atoms with Crippen molar-refractivity contribution in [2.45, 2.75) is 49.7 Å². The molecule has 2 aliphatic rings. The molecule has 2 saturated heterocycles. The number of aliphatic carboxylic acids is 2. The monoisotopic (exact) mass is 569 g/mol. The summed E-state index contributed by atoms with van der Waals surface area (Å²) in [7, 11) is 0. The van der Waals surface area contributed by atoms with Gasteiger partial charge >= 0.3 is 24.3 Å². The molecule has 15 heteroatoms. The van der Waals surface area contributed by atoms with Gasteiger partial charge in [-0.15, -0.1) is 11.8 Å². The highest BCUT2D eigenvalue weighted by Crippen LogP contribution is 2.46. The maximum Gasteiger partial charge on any atom is 0.490 e. The Kier molecular flexibility index (Phi) is 10.9. The summed E-state index contributed by atoms with van der Waals surface area (Å²) in [4.78, 5) is 29.0. The summed E-state index contributed by atoms with van der Waals surface area (Å²) in [5, 5.41) is 14.2. The minimum Gasteiger partial charge on any atom is -0.475 e. The molecule has 0 bridgehead atoms. The van der Waals surface area contributed by atoms with Crippen LogP contribution in [0.5, 0.6) is 0 Å². The van der Waals surface area contributed by atoms with Gasteiger partial charge in [0.25, 0.3) is 0 Å². The Balaban J connectivity index is 0.000000301. The zero-order valence-electron chi connectivity index (χ0n) is 20.0. The van der Waals surface area contributed by atoms with Crippen molar-refractivity contribution in [2.75, 3.05) is 18.8 Å². The first kappa shape index (κ1) is 31.3. The molecule has 0 saturated carbocycles. The predicted molar refractivity (Wildman–Crippen MR) is 124 cm³/mol. The molecule has 2 aromatic rings. The first-order valence-electron chi connectivity index (χ1n) is 11.0. The van der Waals surface area contributed by atoms with Gasteiger partial charge in [0.2, 0.25) is 0 Å². The highest BCUT2D eigenvalue weighted by atomic mass is 32.2. The Morgan fingerprint density at radius 1 is 1.08 bits per heavy atom. The number of hydrogen-bond acceptors (Lipinski definition) is 7. The molecule has 2 N–H and O–H groups in total. The minimum absolute atomic E-state index is 0.359. The van der Waals surface area contributed by atoms with Crippen LogP contribution < -0.4 is 0 Å². The van der Waals surface area contributed by atoms with Gasteiger partial charge in [-0.3, -0.25) is 14.9 Å². The van der Waals surface area contributed by atoms with Gasteiger partial charge in [0.15, 0.2) is 0 Å². The third kappa shape index (κ3) is 10.5. The fourth-order valence-electron chi connectivity index (χ4n) is 3.64.